The molecule has 2 unspecified atom stereocenters. The molecule has 110 valence electrons. The predicted octanol–water partition coefficient (Wildman–Crippen LogP) is 1.76. The van der Waals surface area contributed by atoms with Crippen LogP contribution in [0.1, 0.15) is 18.4 Å². The Morgan fingerprint density at radius 2 is 2.10 bits per heavy atom. The lowest BCUT2D eigenvalue weighted by Gasteiger charge is -2.26. The van der Waals surface area contributed by atoms with Crippen LogP contribution in [0.25, 0.3) is 0 Å². The summed E-state index contributed by atoms with van der Waals surface area (Å²) in [6, 6.07) is 6.70. The number of nitrogens with one attached hydrogen (secondary N) is 1. The number of sulfonamides is 1. The van der Waals surface area contributed by atoms with E-state index in [1.54, 1.807) is 30.5 Å². The van der Waals surface area contributed by atoms with Crippen LogP contribution in [0.5, 0.6) is 0 Å². The van der Waals surface area contributed by atoms with E-state index in [4.69, 9.17) is 0 Å². The standard InChI is InChI=1S/C13H20N3O2PS/c1-11-4-6-13(7-5-11)20(17,18)15-14-9-12-3-2-8-16(19)10-12/h4-7,9,12,15H,2-3,8,10,19H2,1H3. The van der Waals surface area contributed by atoms with Gasteiger partial charge >= 0.3 is 0 Å². The van der Waals surface area contributed by atoms with E-state index in [1.165, 1.54) is 0 Å². The van der Waals surface area contributed by atoms with Gasteiger partial charge in [0, 0.05) is 25.2 Å². The van der Waals surface area contributed by atoms with Gasteiger partial charge in [0.2, 0.25) is 0 Å². The van der Waals surface area contributed by atoms with Crippen LogP contribution in [-0.4, -0.2) is 32.4 Å². The molecule has 7 heteroatoms. The first kappa shape index (κ1) is 15.4. The number of hydrogen-bond acceptors (Lipinski definition) is 4. The molecular formula is C13H20N3O2PS. The average molecular weight is 313 g/mol. The summed E-state index contributed by atoms with van der Waals surface area (Å²) in [7, 11) is -0.883. The minimum absolute atomic E-state index is 0.233. The molecule has 0 radical (unpaired) electrons. The zero-order valence-electron chi connectivity index (χ0n) is 11.5. The van der Waals surface area contributed by atoms with Crippen molar-refractivity contribution >= 4 is 25.6 Å². The first-order chi connectivity index (χ1) is 9.47. The molecule has 1 saturated heterocycles. The Balaban J connectivity index is 1.96. The molecule has 0 saturated carbocycles. The van der Waals surface area contributed by atoms with Crippen molar-refractivity contribution in [3.05, 3.63) is 29.8 Å². The number of hydrogen-bond donors (Lipinski definition) is 1. The number of aryl methyl sites for hydroxylation is 1. The van der Waals surface area contributed by atoms with Crippen LogP contribution in [0.4, 0.5) is 0 Å². The molecule has 1 aliphatic rings. The molecule has 1 N–H and O–H groups in total. The summed E-state index contributed by atoms with van der Waals surface area (Å²) in [6.45, 7) is 3.87. The van der Waals surface area contributed by atoms with Crippen LogP contribution < -0.4 is 4.83 Å². The summed E-state index contributed by atoms with van der Waals surface area (Å²) in [4.78, 5) is 2.51. The number of piperidine rings is 1. The molecule has 20 heavy (non-hydrogen) atoms. The van der Waals surface area contributed by atoms with Crippen molar-refractivity contribution in [2.75, 3.05) is 13.1 Å². The Bertz CT molecular complexity index is 572. The van der Waals surface area contributed by atoms with Crippen LogP contribution in [0, 0.1) is 12.8 Å². The summed E-state index contributed by atoms with van der Waals surface area (Å²) in [5.41, 5.74) is 1.02. The second kappa shape index (κ2) is 6.66. The van der Waals surface area contributed by atoms with Gasteiger partial charge in [0.15, 0.2) is 0 Å². The third-order valence-corrected chi connectivity index (χ3v) is 4.99. The Morgan fingerprint density at radius 1 is 1.40 bits per heavy atom. The Labute approximate surface area is 122 Å². The molecule has 0 aromatic heterocycles. The third kappa shape index (κ3) is 4.27. The number of hydrazone groups is 1. The molecule has 5 nitrogen and oxygen atoms in total. The van der Waals surface area contributed by atoms with E-state index in [9.17, 15) is 8.42 Å². The van der Waals surface area contributed by atoms with Gasteiger partial charge in [-0.05, 0) is 31.9 Å². The predicted molar refractivity (Wildman–Crippen MR) is 84.0 cm³/mol. The van der Waals surface area contributed by atoms with Gasteiger partial charge in [-0.3, -0.25) is 4.67 Å². The van der Waals surface area contributed by atoms with Crippen LogP contribution in [-0.2, 0) is 10.0 Å². The topological polar surface area (TPSA) is 61.8 Å². The second-order valence-corrected chi connectivity index (χ2v) is 7.47. The van der Waals surface area contributed by atoms with Gasteiger partial charge in [-0.1, -0.05) is 27.1 Å². The van der Waals surface area contributed by atoms with E-state index in [0.29, 0.717) is 5.92 Å². The average Bonchev–Trinajstić information content (AvgIpc) is 2.39. The van der Waals surface area contributed by atoms with Crippen LogP contribution in [0.2, 0.25) is 0 Å². The zero-order valence-corrected chi connectivity index (χ0v) is 13.5. The maximum Gasteiger partial charge on any atom is 0.276 e. The van der Waals surface area contributed by atoms with Gasteiger partial charge in [0.25, 0.3) is 10.0 Å². The number of rotatable bonds is 4. The summed E-state index contributed by atoms with van der Waals surface area (Å²) in [5.74, 6) is 0.293. The molecule has 1 aliphatic heterocycles. The lowest BCUT2D eigenvalue weighted by Crippen LogP contribution is -2.29. The zero-order chi connectivity index (χ0) is 14.6. The quantitative estimate of drug-likeness (QED) is 0.523. The van der Waals surface area contributed by atoms with Crippen molar-refractivity contribution in [2.45, 2.75) is 24.7 Å². The van der Waals surface area contributed by atoms with Crippen molar-refractivity contribution in [3.8, 4) is 0 Å². The van der Waals surface area contributed by atoms with Crippen molar-refractivity contribution in [3.63, 3.8) is 0 Å². The lowest BCUT2D eigenvalue weighted by atomic mass is 10.0. The second-order valence-electron chi connectivity index (χ2n) is 5.08. The highest BCUT2D eigenvalue weighted by Crippen LogP contribution is 2.17. The largest absolute Gasteiger partial charge is 0.287 e. The summed E-state index contributed by atoms with van der Waals surface area (Å²) < 4.78 is 26.2. The van der Waals surface area contributed by atoms with Crippen molar-refractivity contribution in [2.24, 2.45) is 11.0 Å². The minimum atomic E-state index is -3.56. The van der Waals surface area contributed by atoms with Crippen molar-refractivity contribution < 1.29 is 8.42 Å². The van der Waals surface area contributed by atoms with E-state index < -0.39 is 10.0 Å². The maximum absolute atomic E-state index is 12.0. The first-order valence-corrected chi connectivity index (χ1v) is 8.58. The first-order valence-electron chi connectivity index (χ1n) is 6.59. The van der Waals surface area contributed by atoms with Gasteiger partial charge in [-0.25, -0.2) is 4.83 Å². The smallest absolute Gasteiger partial charge is 0.276 e. The fraction of sp³-hybridized carbons (Fsp3) is 0.462. The molecule has 1 aromatic rings. The van der Waals surface area contributed by atoms with Gasteiger partial charge in [0.1, 0.15) is 0 Å². The fourth-order valence-corrected chi connectivity index (χ4v) is 3.39. The number of nitrogens with zero attached hydrogens (tertiary/aromatic N) is 2. The van der Waals surface area contributed by atoms with Crippen molar-refractivity contribution in [1.29, 1.82) is 0 Å². The molecular weight excluding hydrogens is 293 g/mol. The molecule has 2 atom stereocenters. The number of benzene rings is 1. The summed E-state index contributed by atoms with van der Waals surface area (Å²) in [6.07, 6.45) is 3.84. The monoisotopic (exact) mass is 313 g/mol. The summed E-state index contributed by atoms with van der Waals surface area (Å²) in [5, 5.41) is 3.90. The molecule has 0 amide bonds. The Morgan fingerprint density at radius 3 is 2.75 bits per heavy atom. The van der Waals surface area contributed by atoms with Crippen LogP contribution >= 0.6 is 9.39 Å². The highest BCUT2D eigenvalue weighted by Gasteiger charge is 2.16. The molecule has 0 spiro atoms. The van der Waals surface area contributed by atoms with Gasteiger partial charge in [-0.15, -0.1) is 0 Å². The van der Waals surface area contributed by atoms with E-state index in [1.807, 2.05) is 6.92 Å². The van der Waals surface area contributed by atoms with Crippen LogP contribution in [0.15, 0.2) is 34.3 Å². The minimum Gasteiger partial charge on any atom is -0.287 e. The molecule has 2 rings (SSSR count). The van der Waals surface area contributed by atoms with E-state index in [2.05, 4.69) is 24.0 Å². The van der Waals surface area contributed by atoms with E-state index in [-0.39, 0.29) is 4.90 Å². The van der Waals surface area contributed by atoms with Gasteiger partial charge in [0.05, 0.1) is 4.90 Å². The lowest BCUT2D eigenvalue weighted by molar-refractivity contribution is 0.340. The molecule has 1 fully saturated rings. The molecule has 1 heterocycles. The third-order valence-electron chi connectivity index (χ3n) is 3.28. The van der Waals surface area contributed by atoms with Crippen LogP contribution in [0.3, 0.4) is 0 Å². The molecule has 0 bridgehead atoms. The fourth-order valence-electron chi connectivity index (χ4n) is 2.14. The van der Waals surface area contributed by atoms with Gasteiger partial charge in [-0.2, -0.15) is 13.5 Å². The summed E-state index contributed by atoms with van der Waals surface area (Å²) >= 11 is 0. The van der Waals surface area contributed by atoms with Gasteiger partial charge < -0.3 is 0 Å². The Hall–Kier alpha value is -0.970. The van der Waals surface area contributed by atoms with Crippen molar-refractivity contribution in [1.82, 2.24) is 9.50 Å². The SMILES string of the molecule is Cc1ccc(S(=O)(=O)NN=CC2CCCN(P)C2)cc1. The van der Waals surface area contributed by atoms with E-state index >= 15 is 0 Å². The molecule has 0 aliphatic carbocycles. The highest BCUT2D eigenvalue weighted by molar-refractivity contribution is 7.89. The maximum atomic E-state index is 12.0. The Kier molecular flexibility index (Phi) is 5.13. The normalized spacial score (nSPS) is 21.2. The molecule has 1 aromatic carbocycles. The highest BCUT2D eigenvalue weighted by atomic mass is 32.2. The van der Waals surface area contributed by atoms with E-state index in [0.717, 1.165) is 31.5 Å².